The SMILES string of the molecule is CO[Si](C)(C)C(F)(F)C(F)(F)C(F)(F)C(F)(F)C(F)(F)C(F)(F)C(F)(F)F. The van der Waals surface area contributed by atoms with Crippen LogP contribution in [0.25, 0.3) is 0 Å². The molecule has 0 aliphatic rings. The van der Waals surface area contributed by atoms with Crippen molar-refractivity contribution < 1.29 is 70.3 Å². The van der Waals surface area contributed by atoms with Gasteiger partial charge in [-0.2, -0.15) is 57.1 Å². The molecule has 0 bridgehead atoms. The highest BCUT2D eigenvalue weighted by Crippen LogP contribution is 2.63. The molecule has 0 rings (SSSR count). The Bertz CT molecular complexity index is 549. The minimum Gasteiger partial charge on any atom is -0.413 e. The third kappa shape index (κ3) is 3.17. The van der Waals surface area contributed by atoms with Crippen molar-refractivity contribution in [2.45, 2.75) is 54.4 Å². The summed E-state index contributed by atoms with van der Waals surface area (Å²) in [5, 5.41) is 0. The molecule has 0 amide bonds. The van der Waals surface area contributed by atoms with Crippen LogP contribution < -0.4 is 0 Å². The maximum absolute atomic E-state index is 13.6. The van der Waals surface area contributed by atoms with Gasteiger partial charge in [0, 0.05) is 7.11 Å². The van der Waals surface area contributed by atoms with Crippen LogP contribution in [0.2, 0.25) is 13.1 Å². The van der Waals surface area contributed by atoms with Gasteiger partial charge in [0.1, 0.15) is 0 Å². The lowest BCUT2D eigenvalue weighted by molar-refractivity contribution is -0.448. The zero-order chi connectivity index (χ0) is 22.7. The van der Waals surface area contributed by atoms with Gasteiger partial charge in [0.05, 0.1) is 0 Å². The fourth-order valence-corrected chi connectivity index (χ4v) is 2.64. The minimum atomic E-state index is -8.26. The molecule has 0 aromatic carbocycles. The zero-order valence-corrected chi connectivity index (χ0v) is 14.1. The van der Waals surface area contributed by atoms with E-state index in [1.165, 1.54) is 0 Å². The monoisotopic (exact) mass is 458 g/mol. The third-order valence-electron chi connectivity index (χ3n) is 3.59. The van der Waals surface area contributed by atoms with Crippen LogP contribution in [0.4, 0.5) is 65.9 Å². The first-order chi connectivity index (χ1) is 11.3. The summed E-state index contributed by atoms with van der Waals surface area (Å²) in [5.41, 5.74) is -6.30. The normalized spacial score (nSPS) is 16.7. The number of hydrogen-bond acceptors (Lipinski definition) is 1. The molecule has 17 heteroatoms. The van der Waals surface area contributed by atoms with E-state index >= 15 is 0 Å². The summed E-state index contributed by atoms with van der Waals surface area (Å²) < 4.78 is 198. The Balaban J connectivity index is 6.65. The molecule has 0 aliphatic heterocycles. The molecule has 0 atom stereocenters. The van der Waals surface area contributed by atoms with Crippen LogP contribution in [0, 0.1) is 0 Å². The number of rotatable bonds is 7. The second kappa shape index (κ2) is 6.31. The van der Waals surface area contributed by atoms with E-state index < -0.39 is 49.7 Å². The molecule has 0 heterocycles. The lowest BCUT2D eigenvalue weighted by Crippen LogP contribution is -2.75. The molecule has 0 aliphatic carbocycles. The van der Waals surface area contributed by atoms with Gasteiger partial charge in [-0.05, 0) is 13.1 Å². The van der Waals surface area contributed by atoms with Crippen molar-refractivity contribution in [3.8, 4) is 0 Å². The molecule has 1 nitrogen and oxygen atoms in total. The molecule has 0 saturated carbocycles. The summed E-state index contributed by atoms with van der Waals surface area (Å²) in [7, 11) is -5.17. The predicted molar refractivity (Wildman–Crippen MR) is 60.2 cm³/mol. The largest absolute Gasteiger partial charge is 0.460 e. The standard InChI is InChI=1S/C10H9F15OSi/c1-26-27(2,3)10(24,25)8(19,20)6(15,16)4(11,12)5(13,14)7(17,18)9(21,22)23/h1-3H3. The first-order valence-corrected chi connectivity index (χ1v) is 9.11. The van der Waals surface area contributed by atoms with Gasteiger partial charge in [0.25, 0.3) is 8.32 Å². The second-order valence-electron chi connectivity index (χ2n) is 5.66. The van der Waals surface area contributed by atoms with Crippen LogP contribution in [0.5, 0.6) is 0 Å². The Morgan fingerprint density at radius 3 is 1.00 bits per heavy atom. The molecular weight excluding hydrogens is 449 g/mol. The van der Waals surface area contributed by atoms with Crippen LogP contribution in [0.15, 0.2) is 0 Å². The summed E-state index contributed by atoms with van der Waals surface area (Å²) in [4.78, 5) is 0. The Kier molecular flexibility index (Phi) is 6.11. The van der Waals surface area contributed by atoms with Crippen molar-refractivity contribution in [1.29, 1.82) is 0 Å². The summed E-state index contributed by atoms with van der Waals surface area (Å²) >= 11 is 0. The summed E-state index contributed by atoms with van der Waals surface area (Å²) in [6, 6.07) is 0. The van der Waals surface area contributed by atoms with Gasteiger partial charge in [0.15, 0.2) is 0 Å². The lowest BCUT2D eigenvalue weighted by Gasteiger charge is -2.44. The van der Waals surface area contributed by atoms with E-state index in [1.807, 2.05) is 0 Å². The second-order valence-corrected chi connectivity index (χ2v) is 9.72. The van der Waals surface area contributed by atoms with Crippen LogP contribution >= 0.6 is 0 Å². The third-order valence-corrected chi connectivity index (χ3v) is 6.44. The highest BCUT2D eigenvalue weighted by Gasteiger charge is 2.94. The molecular formula is C10H9F15OSi. The van der Waals surface area contributed by atoms with Gasteiger partial charge in [-0.3, -0.25) is 0 Å². The van der Waals surface area contributed by atoms with E-state index in [1.54, 1.807) is 0 Å². The number of alkyl halides is 15. The molecule has 0 N–H and O–H groups in total. The first kappa shape index (κ1) is 26.1. The van der Waals surface area contributed by atoms with Crippen molar-refractivity contribution >= 4 is 8.32 Å². The molecule has 0 unspecified atom stereocenters. The molecule has 0 aromatic heterocycles. The van der Waals surface area contributed by atoms with Crippen LogP contribution in [-0.2, 0) is 4.43 Å². The van der Waals surface area contributed by atoms with E-state index in [4.69, 9.17) is 0 Å². The minimum absolute atomic E-state index is 0.0532. The van der Waals surface area contributed by atoms with Gasteiger partial charge in [0.2, 0.25) is 0 Å². The predicted octanol–water partition coefficient (Wildman–Crippen LogP) is 5.75. The zero-order valence-electron chi connectivity index (χ0n) is 13.1. The number of halogens is 15. The summed E-state index contributed by atoms with van der Waals surface area (Å²) in [5.74, 6) is -40.0. The maximum atomic E-state index is 13.6. The molecule has 0 spiro atoms. The quantitative estimate of drug-likeness (QED) is 0.349. The molecule has 0 fully saturated rings. The van der Waals surface area contributed by atoms with E-state index in [0.29, 0.717) is 0 Å². The van der Waals surface area contributed by atoms with Gasteiger partial charge in [-0.1, -0.05) is 0 Å². The average molecular weight is 458 g/mol. The summed E-state index contributed by atoms with van der Waals surface area (Å²) in [6.07, 6.45) is -7.60. The first-order valence-electron chi connectivity index (χ1n) is 6.20. The van der Waals surface area contributed by atoms with Crippen LogP contribution in [-0.4, -0.2) is 56.8 Å². The molecule has 0 saturated heterocycles. The summed E-state index contributed by atoms with van der Waals surface area (Å²) in [6.45, 7) is 0.106. The average Bonchev–Trinajstić information content (AvgIpc) is 2.44. The van der Waals surface area contributed by atoms with E-state index in [9.17, 15) is 65.9 Å². The Labute approximate surface area is 141 Å². The topological polar surface area (TPSA) is 9.23 Å². The maximum Gasteiger partial charge on any atom is 0.460 e. The molecule has 27 heavy (non-hydrogen) atoms. The van der Waals surface area contributed by atoms with E-state index in [0.717, 1.165) is 0 Å². The lowest BCUT2D eigenvalue weighted by atomic mass is 9.94. The van der Waals surface area contributed by atoms with E-state index in [2.05, 4.69) is 4.43 Å². The number of hydrogen-bond donors (Lipinski definition) is 0. The highest BCUT2D eigenvalue weighted by atomic mass is 28.4. The molecule has 0 aromatic rings. The van der Waals surface area contributed by atoms with Crippen molar-refractivity contribution in [2.75, 3.05) is 7.11 Å². The fourth-order valence-electron chi connectivity index (χ4n) is 1.47. The Hall–Kier alpha value is -0.873. The Morgan fingerprint density at radius 2 is 0.741 bits per heavy atom. The molecule has 0 radical (unpaired) electrons. The van der Waals surface area contributed by atoms with Gasteiger partial charge >= 0.3 is 41.3 Å². The van der Waals surface area contributed by atoms with Gasteiger partial charge in [-0.25, -0.2) is 8.78 Å². The van der Waals surface area contributed by atoms with Crippen molar-refractivity contribution in [1.82, 2.24) is 0 Å². The van der Waals surface area contributed by atoms with E-state index in [-0.39, 0.29) is 20.2 Å². The fraction of sp³-hybridized carbons (Fsp3) is 1.00. The highest BCUT2D eigenvalue weighted by molar-refractivity contribution is 6.73. The van der Waals surface area contributed by atoms with Crippen molar-refractivity contribution in [3.05, 3.63) is 0 Å². The van der Waals surface area contributed by atoms with Gasteiger partial charge in [-0.15, -0.1) is 0 Å². The van der Waals surface area contributed by atoms with Crippen LogP contribution in [0.1, 0.15) is 0 Å². The van der Waals surface area contributed by atoms with Gasteiger partial charge < -0.3 is 4.43 Å². The Morgan fingerprint density at radius 1 is 0.481 bits per heavy atom. The smallest absolute Gasteiger partial charge is 0.413 e. The van der Waals surface area contributed by atoms with Crippen molar-refractivity contribution in [2.24, 2.45) is 0 Å². The molecule has 164 valence electrons. The van der Waals surface area contributed by atoms with Crippen molar-refractivity contribution in [3.63, 3.8) is 0 Å². The van der Waals surface area contributed by atoms with Crippen LogP contribution in [0.3, 0.4) is 0 Å².